The predicted octanol–water partition coefficient (Wildman–Crippen LogP) is 3.10. The van der Waals surface area contributed by atoms with E-state index in [0.29, 0.717) is 6.54 Å². The van der Waals surface area contributed by atoms with Crippen LogP contribution in [0.3, 0.4) is 0 Å². The lowest BCUT2D eigenvalue weighted by atomic mass is 10.1. The molecular weight excluding hydrogens is 373 g/mol. The van der Waals surface area contributed by atoms with Crippen molar-refractivity contribution < 1.29 is 26.7 Å². The summed E-state index contributed by atoms with van der Waals surface area (Å²) in [5, 5.41) is 10.2. The summed E-state index contributed by atoms with van der Waals surface area (Å²) in [5.41, 5.74) is -0.761. The Kier molecular flexibility index (Phi) is 4.93. The van der Waals surface area contributed by atoms with Crippen LogP contribution in [0.5, 0.6) is 0 Å². The van der Waals surface area contributed by atoms with Crippen molar-refractivity contribution in [1.29, 1.82) is 0 Å². The molecule has 0 radical (unpaired) electrons. The molecule has 0 atom stereocenters. The molecule has 0 saturated heterocycles. The van der Waals surface area contributed by atoms with E-state index in [-0.39, 0.29) is 11.4 Å². The van der Waals surface area contributed by atoms with Gasteiger partial charge in [-0.05, 0) is 6.92 Å². The van der Waals surface area contributed by atoms with Crippen molar-refractivity contribution >= 4 is 11.7 Å². The Hall–Kier alpha value is -3.24. The molecule has 6 nitrogen and oxygen atoms in total. The Morgan fingerprint density at radius 2 is 1.67 bits per heavy atom. The number of rotatable bonds is 5. The largest absolute Gasteiger partial charge is 0.305 e. The normalized spacial score (nSPS) is 11.0. The highest BCUT2D eigenvalue weighted by molar-refractivity contribution is 6.03. The van der Waals surface area contributed by atoms with Crippen LogP contribution in [0.4, 0.5) is 27.8 Å². The number of halogens is 5. The first kappa shape index (κ1) is 18.5. The maximum absolute atomic E-state index is 13.7. The summed E-state index contributed by atoms with van der Waals surface area (Å²) in [7, 11) is 0. The SMILES string of the molecule is CCn1cc(C(=O)Nc2ccn(Cc3c(F)c(F)c(F)c(F)c3F)n2)cn1. The molecule has 1 aromatic carbocycles. The molecule has 0 saturated carbocycles. The summed E-state index contributed by atoms with van der Waals surface area (Å²) in [5.74, 6) is -10.6. The minimum Gasteiger partial charge on any atom is -0.305 e. The number of hydrogen-bond donors (Lipinski definition) is 1. The van der Waals surface area contributed by atoms with Crippen LogP contribution in [0.2, 0.25) is 0 Å². The van der Waals surface area contributed by atoms with Gasteiger partial charge < -0.3 is 5.32 Å². The van der Waals surface area contributed by atoms with Gasteiger partial charge in [0.05, 0.1) is 23.9 Å². The van der Waals surface area contributed by atoms with Crippen molar-refractivity contribution in [3.63, 3.8) is 0 Å². The minimum absolute atomic E-state index is 0.0353. The summed E-state index contributed by atoms with van der Waals surface area (Å²) in [4.78, 5) is 12.1. The van der Waals surface area contributed by atoms with E-state index in [4.69, 9.17) is 0 Å². The highest BCUT2D eigenvalue weighted by Crippen LogP contribution is 2.23. The molecule has 0 aliphatic rings. The molecule has 0 spiro atoms. The number of anilines is 1. The van der Waals surface area contributed by atoms with Gasteiger partial charge in [0, 0.05) is 25.0 Å². The molecule has 2 aromatic heterocycles. The Balaban J connectivity index is 1.78. The summed E-state index contributed by atoms with van der Waals surface area (Å²) in [6.07, 6.45) is 4.09. The second-order valence-corrected chi connectivity index (χ2v) is 5.49. The highest BCUT2D eigenvalue weighted by Gasteiger charge is 2.26. The predicted molar refractivity (Wildman–Crippen MR) is 83.4 cm³/mol. The van der Waals surface area contributed by atoms with Crippen LogP contribution < -0.4 is 5.32 Å². The number of nitrogens with one attached hydrogen (secondary N) is 1. The van der Waals surface area contributed by atoms with Gasteiger partial charge in [-0.25, -0.2) is 22.0 Å². The van der Waals surface area contributed by atoms with E-state index in [2.05, 4.69) is 15.5 Å². The van der Waals surface area contributed by atoms with Crippen molar-refractivity contribution in [2.45, 2.75) is 20.0 Å². The molecule has 3 aromatic rings. The van der Waals surface area contributed by atoms with Crippen molar-refractivity contribution in [1.82, 2.24) is 19.6 Å². The quantitative estimate of drug-likeness (QED) is 0.417. The van der Waals surface area contributed by atoms with Crippen molar-refractivity contribution in [2.75, 3.05) is 5.32 Å². The zero-order valence-electron chi connectivity index (χ0n) is 13.8. The van der Waals surface area contributed by atoms with Crippen molar-refractivity contribution in [2.24, 2.45) is 0 Å². The topological polar surface area (TPSA) is 64.7 Å². The van der Waals surface area contributed by atoms with Crippen LogP contribution in [0.25, 0.3) is 0 Å². The van der Waals surface area contributed by atoms with Crippen LogP contribution in [0.1, 0.15) is 22.8 Å². The van der Waals surface area contributed by atoms with E-state index in [1.807, 2.05) is 6.92 Å². The second kappa shape index (κ2) is 7.17. The fraction of sp³-hybridized carbons (Fsp3) is 0.188. The second-order valence-electron chi connectivity index (χ2n) is 5.49. The van der Waals surface area contributed by atoms with Gasteiger partial charge in [0.15, 0.2) is 29.1 Å². The third-order valence-corrected chi connectivity index (χ3v) is 3.72. The number of benzene rings is 1. The number of hydrogen-bond acceptors (Lipinski definition) is 3. The molecule has 1 N–H and O–H groups in total. The van der Waals surface area contributed by atoms with Gasteiger partial charge in [-0.15, -0.1) is 0 Å². The number of aryl methyl sites for hydroxylation is 1. The fourth-order valence-electron chi connectivity index (χ4n) is 2.31. The molecule has 0 unspecified atom stereocenters. The van der Waals surface area contributed by atoms with Crippen LogP contribution >= 0.6 is 0 Å². The lowest BCUT2D eigenvalue weighted by Crippen LogP contribution is -2.13. The van der Waals surface area contributed by atoms with Crippen molar-refractivity contribution in [3.05, 3.63) is 64.9 Å². The lowest BCUT2D eigenvalue weighted by molar-refractivity contribution is 0.102. The fourth-order valence-corrected chi connectivity index (χ4v) is 2.31. The van der Waals surface area contributed by atoms with Gasteiger partial charge in [-0.3, -0.25) is 14.2 Å². The number of aromatic nitrogens is 4. The first-order chi connectivity index (χ1) is 12.8. The van der Waals surface area contributed by atoms with Gasteiger partial charge >= 0.3 is 0 Å². The summed E-state index contributed by atoms with van der Waals surface area (Å²) >= 11 is 0. The standard InChI is InChI=1S/C16H12F5N5O/c1-2-25-6-8(5-22-25)16(27)23-10-3-4-26(24-10)7-9-11(17)13(19)15(21)14(20)12(9)18/h3-6H,2,7H2,1H3,(H,23,24,27). The molecule has 0 bridgehead atoms. The molecule has 27 heavy (non-hydrogen) atoms. The first-order valence-corrected chi connectivity index (χ1v) is 7.69. The Labute approximate surface area is 149 Å². The van der Waals surface area contributed by atoms with E-state index in [1.165, 1.54) is 29.3 Å². The van der Waals surface area contributed by atoms with E-state index >= 15 is 0 Å². The smallest absolute Gasteiger partial charge is 0.260 e. The first-order valence-electron chi connectivity index (χ1n) is 7.69. The van der Waals surface area contributed by atoms with Crippen LogP contribution in [-0.4, -0.2) is 25.5 Å². The van der Waals surface area contributed by atoms with Gasteiger partial charge in [0.2, 0.25) is 5.82 Å². The monoisotopic (exact) mass is 385 g/mol. The molecule has 142 valence electrons. The Bertz CT molecular complexity index is 984. The van der Waals surface area contributed by atoms with Gasteiger partial charge in [0.25, 0.3) is 5.91 Å². The molecule has 3 rings (SSSR count). The maximum Gasteiger partial charge on any atom is 0.260 e. The lowest BCUT2D eigenvalue weighted by Gasteiger charge is -2.08. The maximum atomic E-state index is 13.7. The number of carbonyl (C=O) groups is 1. The molecule has 11 heteroatoms. The molecule has 0 aliphatic carbocycles. The summed E-state index contributed by atoms with van der Waals surface area (Å²) in [6, 6.07) is 1.31. The zero-order valence-corrected chi connectivity index (χ0v) is 13.8. The summed E-state index contributed by atoms with van der Waals surface area (Å²) < 4.78 is 69.5. The number of nitrogens with zero attached hydrogens (tertiary/aromatic N) is 4. The molecule has 1 amide bonds. The molecule has 0 aliphatic heterocycles. The zero-order chi connectivity index (χ0) is 19.7. The molecule has 0 fully saturated rings. The molecular formula is C16H12F5N5O. The van der Waals surface area contributed by atoms with Gasteiger partial charge in [-0.2, -0.15) is 10.2 Å². The van der Waals surface area contributed by atoms with E-state index < -0.39 is 47.1 Å². The van der Waals surface area contributed by atoms with Gasteiger partial charge in [-0.1, -0.05) is 0 Å². The Morgan fingerprint density at radius 3 is 2.26 bits per heavy atom. The van der Waals surface area contributed by atoms with Crippen molar-refractivity contribution in [3.8, 4) is 0 Å². The average molecular weight is 385 g/mol. The van der Waals surface area contributed by atoms with Gasteiger partial charge in [0.1, 0.15) is 0 Å². The summed E-state index contributed by atoms with van der Waals surface area (Å²) in [6.45, 7) is 1.70. The van der Waals surface area contributed by atoms with E-state index in [1.54, 1.807) is 0 Å². The third kappa shape index (κ3) is 3.52. The molecule has 2 heterocycles. The van der Waals surface area contributed by atoms with Crippen LogP contribution in [0.15, 0.2) is 24.7 Å². The highest BCUT2D eigenvalue weighted by atomic mass is 19.2. The van der Waals surface area contributed by atoms with E-state index in [9.17, 15) is 26.7 Å². The third-order valence-electron chi connectivity index (χ3n) is 3.72. The van der Waals surface area contributed by atoms with Crippen LogP contribution in [0, 0.1) is 29.1 Å². The average Bonchev–Trinajstić information content (AvgIpc) is 3.31. The Morgan fingerprint density at radius 1 is 1.04 bits per heavy atom. The van der Waals surface area contributed by atoms with E-state index in [0.717, 1.165) is 4.68 Å². The van der Waals surface area contributed by atoms with Crippen LogP contribution in [-0.2, 0) is 13.1 Å². The minimum atomic E-state index is -2.23. The number of amides is 1. The number of carbonyl (C=O) groups excluding carboxylic acids is 1.